The SMILES string of the molecule is C[C@@H]1C(=O)NCCN1S(=O)(=O)N1CCC[C@@H]1c1ccco1. The molecule has 1 aromatic rings. The lowest BCUT2D eigenvalue weighted by molar-refractivity contribution is -0.126. The zero-order chi connectivity index (χ0) is 15.0. The highest BCUT2D eigenvalue weighted by molar-refractivity contribution is 7.86. The fourth-order valence-corrected chi connectivity index (χ4v) is 4.97. The summed E-state index contributed by atoms with van der Waals surface area (Å²) in [7, 11) is -3.67. The third-order valence-corrected chi connectivity index (χ3v) is 6.23. The van der Waals surface area contributed by atoms with Gasteiger partial charge in [0, 0.05) is 19.6 Å². The molecular formula is C13H19N3O4S. The molecule has 2 atom stereocenters. The number of piperazine rings is 1. The minimum absolute atomic E-state index is 0.251. The predicted molar refractivity (Wildman–Crippen MR) is 75.5 cm³/mol. The van der Waals surface area contributed by atoms with Crippen molar-refractivity contribution in [1.29, 1.82) is 0 Å². The first kappa shape index (κ1) is 14.6. The molecule has 1 amide bonds. The number of amides is 1. The molecule has 8 heteroatoms. The van der Waals surface area contributed by atoms with Crippen LogP contribution >= 0.6 is 0 Å². The molecule has 3 rings (SSSR count). The Morgan fingerprint density at radius 3 is 2.86 bits per heavy atom. The van der Waals surface area contributed by atoms with Gasteiger partial charge in [0.15, 0.2) is 0 Å². The van der Waals surface area contributed by atoms with Crippen molar-refractivity contribution in [2.24, 2.45) is 0 Å². The van der Waals surface area contributed by atoms with E-state index < -0.39 is 16.3 Å². The first-order chi connectivity index (χ1) is 10.0. The van der Waals surface area contributed by atoms with Gasteiger partial charge in [-0.3, -0.25) is 4.79 Å². The maximum absolute atomic E-state index is 12.9. The van der Waals surface area contributed by atoms with Crippen LogP contribution in [0.3, 0.4) is 0 Å². The average Bonchev–Trinajstić information content (AvgIpc) is 3.11. The Morgan fingerprint density at radius 2 is 2.14 bits per heavy atom. The second kappa shape index (κ2) is 5.43. The molecule has 7 nitrogen and oxygen atoms in total. The molecule has 0 radical (unpaired) electrons. The number of furan rings is 1. The van der Waals surface area contributed by atoms with E-state index in [2.05, 4.69) is 5.32 Å². The van der Waals surface area contributed by atoms with Gasteiger partial charge in [-0.25, -0.2) is 0 Å². The lowest BCUT2D eigenvalue weighted by Gasteiger charge is -2.36. The maximum Gasteiger partial charge on any atom is 0.283 e. The van der Waals surface area contributed by atoms with Crippen molar-refractivity contribution >= 4 is 16.1 Å². The van der Waals surface area contributed by atoms with E-state index in [1.54, 1.807) is 25.3 Å². The van der Waals surface area contributed by atoms with E-state index in [0.29, 0.717) is 25.4 Å². The summed E-state index contributed by atoms with van der Waals surface area (Å²) in [5.74, 6) is 0.406. The molecule has 2 fully saturated rings. The van der Waals surface area contributed by atoms with Crippen molar-refractivity contribution in [2.45, 2.75) is 31.8 Å². The van der Waals surface area contributed by atoms with E-state index in [-0.39, 0.29) is 11.9 Å². The number of carbonyl (C=O) groups excluding carboxylic acids is 1. The van der Waals surface area contributed by atoms with Crippen LogP contribution in [0.5, 0.6) is 0 Å². The molecule has 0 aromatic carbocycles. The van der Waals surface area contributed by atoms with Gasteiger partial charge in [-0.05, 0) is 31.9 Å². The maximum atomic E-state index is 12.9. The van der Waals surface area contributed by atoms with E-state index in [9.17, 15) is 13.2 Å². The summed E-state index contributed by atoms with van der Waals surface area (Å²) >= 11 is 0. The van der Waals surface area contributed by atoms with Crippen LogP contribution in [0, 0.1) is 0 Å². The zero-order valence-electron chi connectivity index (χ0n) is 11.9. The monoisotopic (exact) mass is 313 g/mol. The van der Waals surface area contributed by atoms with Gasteiger partial charge in [-0.1, -0.05) is 0 Å². The normalized spacial score (nSPS) is 28.7. The van der Waals surface area contributed by atoms with Crippen LogP contribution in [-0.4, -0.2) is 48.6 Å². The summed E-state index contributed by atoms with van der Waals surface area (Å²) in [6.45, 7) is 2.72. The Balaban J connectivity index is 1.88. The van der Waals surface area contributed by atoms with Crippen molar-refractivity contribution in [3.63, 3.8) is 0 Å². The topological polar surface area (TPSA) is 82.9 Å². The number of hydrogen-bond acceptors (Lipinski definition) is 4. The molecular weight excluding hydrogens is 294 g/mol. The smallest absolute Gasteiger partial charge is 0.283 e. The lowest BCUT2D eigenvalue weighted by atomic mass is 10.2. The van der Waals surface area contributed by atoms with Gasteiger partial charge in [-0.2, -0.15) is 17.0 Å². The molecule has 21 heavy (non-hydrogen) atoms. The van der Waals surface area contributed by atoms with Crippen LogP contribution in [0.15, 0.2) is 22.8 Å². The number of nitrogens with zero attached hydrogens (tertiary/aromatic N) is 2. The van der Waals surface area contributed by atoms with E-state index in [4.69, 9.17) is 4.42 Å². The summed E-state index contributed by atoms with van der Waals surface area (Å²) in [5.41, 5.74) is 0. The summed E-state index contributed by atoms with van der Waals surface area (Å²) in [5, 5.41) is 2.68. The van der Waals surface area contributed by atoms with Crippen molar-refractivity contribution in [3.8, 4) is 0 Å². The quantitative estimate of drug-likeness (QED) is 0.880. The van der Waals surface area contributed by atoms with Gasteiger partial charge in [0.25, 0.3) is 10.2 Å². The molecule has 2 aliphatic heterocycles. The van der Waals surface area contributed by atoms with Crippen molar-refractivity contribution < 1.29 is 17.6 Å². The van der Waals surface area contributed by atoms with Gasteiger partial charge >= 0.3 is 0 Å². The van der Waals surface area contributed by atoms with Crippen molar-refractivity contribution in [3.05, 3.63) is 24.2 Å². The van der Waals surface area contributed by atoms with Crippen LogP contribution in [0.25, 0.3) is 0 Å². The Bertz CT molecular complexity index is 613. The van der Waals surface area contributed by atoms with Gasteiger partial charge < -0.3 is 9.73 Å². The minimum atomic E-state index is -3.67. The number of rotatable bonds is 3. The highest BCUT2D eigenvalue weighted by Crippen LogP contribution is 2.36. The third-order valence-electron chi connectivity index (χ3n) is 4.11. The molecule has 0 bridgehead atoms. The molecule has 0 spiro atoms. The molecule has 1 aromatic heterocycles. The molecule has 116 valence electrons. The lowest BCUT2D eigenvalue weighted by Crippen LogP contribution is -2.58. The van der Waals surface area contributed by atoms with Crippen LogP contribution < -0.4 is 5.32 Å². The van der Waals surface area contributed by atoms with Gasteiger partial charge in [0.05, 0.1) is 12.3 Å². The largest absolute Gasteiger partial charge is 0.468 e. The van der Waals surface area contributed by atoms with Crippen LogP contribution in [0.4, 0.5) is 0 Å². The first-order valence-electron chi connectivity index (χ1n) is 7.11. The predicted octanol–water partition coefficient (Wildman–Crippen LogP) is 0.482. The highest BCUT2D eigenvalue weighted by atomic mass is 32.2. The summed E-state index contributed by atoms with van der Waals surface area (Å²) in [4.78, 5) is 11.7. The molecule has 0 saturated carbocycles. The van der Waals surface area contributed by atoms with E-state index >= 15 is 0 Å². The fraction of sp³-hybridized carbons (Fsp3) is 0.615. The van der Waals surface area contributed by atoms with Gasteiger partial charge in [0.1, 0.15) is 11.8 Å². The standard InChI is InChI=1S/C13H19N3O4S/c1-10-13(17)14-6-8-15(10)21(18,19)16-7-2-4-11(16)12-5-3-9-20-12/h3,5,9-11H,2,4,6-8H2,1H3,(H,14,17)/t10-,11-/m1/s1. The average molecular weight is 313 g/mol. The molecule has 3 heterocycles. The number of hydrogen-bond donors (Lipinski definition) is 1. The number of nitrogens with one attached hydrogen (secondary N) is 1. The van der Waals surface area contributed by atoms with Gasteiger partial charge in [-0.15, -0.1) is 0 Å². The second-order valence-corrected chi connectivity index (χ2v) is 7.20. The molecule has 0 unspecified atom stereocenters. The third kappa shape index (κ3) is 2.47. The fourth-order valence-electron chi connectivity index (χ4n) is 2.99. The van der Waals surface area contributed by atoms with Gasteiger partial charge in [0.2, 0.25) is 5.91 Å². The van der Waals surface area contributed by atoms with E-state index in [1.807, 2.05) is 0 Å². The Morgan fingerprint density at radius 1 is 1.33 bits per heavy atom. The number of carbonyl (C=O) groups is 1. The first-order valence-corrected chi connectivity index (χ1v) is 8.51. The Kier molecular flexibility index (Phi) is 3.76. The molecule has 2 saturated heterocycles. The summed E-state index contributed by atoms with van der Waals surface area (Å²) in [6, 6.07) is 2.60. The second-order valence-electron chi connectivity index (χ2n) is 5.37. The van der Waals surface area contributed by atoms with Crippen molar-refractivity contribution in [2.75, 3.05) is 19.6 Å². The zero-order valence-corrected chi connectivity index (χ0v) is 12.7. The Hall–Kier alpha value is -1.38. The van der Waals surface area contributed by atoms with Crippen LogP contribution in [-0.2, 0) is 15.0 Å². The minimum Gasteiger partial charge on any atom is -0.468 e. The van der Waals surface area contributed by atoms with Crippen LogP contribution in [0.2, 0.25) is 0 Å². The van der Waals surface area contributed by atoms with Crippen LogP contribution in [0.1, 0.15) is 31.6 Å². The molecule has 0 aliphatic carbocycles. The summed E-state index contributed by atoms with van der Waals surface area (Å²) in [6.07, 6.45) is 3.08. The Labute approximate surface area is 124 Å². The molecule has 2 aliphatic rings. The van der Waals surface area contributed by atoms with E-state index in [0.717, 1.165) is 12.8 Å². The molecule has 1 N–H and O–H groups in total. The highest BCUT2D eigenvalue weighted by Gasteiger charge is 2.43. The van der Waals surface area contributed by atoms with Crippen molar-refractivity contribution in [1.82, 2.24) is 13.9 Å². The van der Waals surface area contributed by atoms with E-state index in [1.165, 1.54) is 8.61 Å². The summed E-state index contributed by atoms with van der Waals surface area (Å²) < 4.78 is 33.9.